The molecule has 5 nitrogen and oxygen atoms in total. The third-order valence-corrected chi connectivity index (χ3v) is 4.09. The van der Waals surface area contributed by atoms with Gasteiger partial charge in [0.25, 0.3) is 0 Å². The Balaban J connectivity index is 1.80. The lowest BCUT2D eigenvalue weighted by molar-refractivity contribution is 0.210. The molecule has 2 atom stereocenters. The second-order valence-electron chi connectivity index (χ2n) is 5.42. The number of nitrogens with zero attached hydrogens (tertiary/aromatic N) is 1. The lowest BCUT2D eigenvalue weighted by Crippen LogP contribution is -2.45. The van der Waals surface area contributed by atoms with Gasteiger partial charge in [-0.3, -0.25) is 4.90 Å². The summed E-state index contributed by atoms with van der Waals surface area (Å²) in [6.07, 6.45) is 2.33. The minimum atomic E-state index is -0.364. The van der Waals surface area contributed by atoms with E-state index in [2.05, 4.69) is 22.5 Å². The Morgan fingerprint density at radius 1 is 1.43 bits per heavy atom. The molecule has 116 valence electrons. The van der Waals surface area contributed by atoms with E-state index >= 15 is 0 Å². The van der Waals surface area contributed by atoms with Crippen LogP contribution in [0.2, 0.25) is 0 Å². The minimum absolute atomic E-state index is 0.109. The zero-order valence-corrected chi connectivity index (χ0v) is 12.6. The van der Waals surface area contributed by atoms with Gasteiger partial charge in [-0.1, -0.05) is 37.3 Å². The lowest BCUT2D eigenvalue weighted by Gasteiger charge is -2.24. The third-order valence-electron chi connectivity index (χ3n) is 4.09. The molecule has 0 aliphatic carbocycles. The summed E-state index contributed by atoms with van der Waals surface area (Å²) in [7, 11) is 0. The van der Waals surface area contributed by atoms with Gasteiger partial charge in [0.05, 0.1) is 12.6 Å². The Kier molecular flexibility index (Phi) is 6.02. The Morgan fingerprint density at radius 3 is 2.86 bits per heavy atom. The van der Waals surface area contributed by atoms with Crippen LogP contribution < -0.4 is 10.6 Å². The number of hydrogen-bond acceptors (Lipinski definition) is 3. The van der Waals surface area contributed by atoms with E-state index in [1.165, 1.54) is 6.42 Å². The summed E-state index contributed by atoms with van der Waals surface area (Å²) in [6, 6.07) is 9.36. The summed E-state index contributed by atoms with van der Waals surface area (Å²) in [5.74, 6) is 0. The van der Waals surface area contributed by atoms with Crippen molar-refractivity contribution in [1.29, 1.82) is 0 Å². The van der Waals surface area contributed by atoms with Crippen molar-refractivity contribution in [3.63, 3.8) is 0 Å². The van der Waals surface area contributed by atoms with Gasteiger partial charge < -0.3 is 15.7 Å². The Hall–Kier alpha value is -1.59. The van der Waals surface area contributed by atoms with Crippen molar-refractivity contribution < 1.29 is 9.90 Å². The van der Waals surface area contributed by atoms with E-state index in [1.54, 1.807) is 0 Å². The summed E-state index contributed by atoms with van der Waals surface area (Å²) < 4.78 is 0. The zero-order chi connectivity index (χ0) is 15.1. The molecule has 21 heavy (non-hydrogen) atoms. The number of amides is 2. The van der Waals surface area contributed by atoms with Crippen molar-refractivity contribution in [3.8, 4) is 0 Å². The highest BCUT2D eigenvalue weighted by molar-refractivity contribution is 5.74. The molecule has 2 rings (SSSR count). The van der Waals surface area contributed by atoms with Gasteiger partial charge in [-0.05, 0) is 31.5 Å². The molecule has 1 fully saturated rings. The second-order valence-corrected chi connectivity index (χ2v) is 5.42. The summed E-state index contributed by atoms with van der Waals surface area (Å²) >= 11 is 0. The van der Waals surface area contributed by atoms with Gasteiger partial charge in [-0.2, -0.15) is 0 Å². The van der Waals surface area contributed by atoms with Gasteiger partial charge in [0.1, 0.15) is 0 Å². The van der Waals surface area contributed by atoms with E-state index in [0.29, 0.717) is 12.6 Å². The molecule has 0 aromatic heterocycles. The number of likely N-dealkylation sites (tertiary alicyclic amines) is 1. The number of likely N-dealkylation sites (N-methyl/N-ethyl adjacent to an activating group) is 1. The van der Waals surface area contributed by atoms with Gasteiger partial charge in [0.15, 0.2) is 0 Å². The first-order chi connectivity index (χ1) is 10.2. The van der Waals surface area contributed by atoms with Crippen LogP contribution in [0.4, 0.5) is 4.79 Å². The molecule has 2 amide bonds. The summed E-state index contributed by atoms with van der Waals surface area (Å²) in [5.41, 5.74) is 0.909. The maximum absolute atomic E-state index is 12.0. The third kappa shape index (κ3) is 4.44. The van der Waals surface area contributed by atoms with Crippen molar-refractivity contribution in [3.05, 3.63) is 35.9 Å². The van der Waals surface area contributed by atoms with Crippen molar-refractivity contribution in [2.24, 2.45) is 0 Å². The van der Waals surface area contributed by atoms with Gasteiger partial charge in [0.2, 0.25) is 0 Å². The van der Waals surface area contributed by atoms with Crippen LogP contribution in [0.25, 0.3) is 0 Å². The predicted molar refractivity (Wildman–Crippen MR) is 83.1 cm³/mol. The maximum atomic E-state index is 12.0. The molecule has 2 unspecified atom stereocenters. The van der Waals surface area contributed by atoms with E-state index in [0.717, 1.165) is 25.1 Å². The van der Waals surface area contributed by atoms with Crippen LogP contribution in [-0.4, -0.2) is 48.3 Å². The SMILES string of the molecule is CCN1CCCC1CNC(=O)NC(CO)c1ccccc1. The lowest BCUT2D eigenvalue weighted by atomic mass is 10.1. The van der Waals surface area contributed by atoms with Gasteiger partial charge in [0, 0.05) is 12.6 Å². The number of urea groups is 1. The molecule has 0 bridgehead atoms. The molecule has 1 aliphatic heterocycles. The van der Waals surface area contributed by atoms with Crippen molar-refractivity contribution in [1.82, 2.24) is 15.5 Å². The molecule has 1 heterocycles. The molecule has 1 saturated heterocycles. The van der Waals surface area contributed by atoms with Crippen molar-refractivity contribution in [2.45, 2.75) is 31.8 Å². The quantitative estimate of drug-likeness (QED) is 0.744. The fraction of sp³-hybridized carbons (Fsp3) is 0.562. The Bertz CT molecular complexity index is 438. The highest BCUT2D eigenvalue weighted by Gasteiger charge is 2.23. The molecule has 5 heteroatoms. The predicted octanol–water partition coefficient (Wildman–Crippen LogP) is 1.50. The second kappa shape index (κ2) is 8.00. The molecular weight excluding hydrogens is 266 g/mol. The van der Waals surface area contributed by atoms with Gasteiger partial charge in [-0.25, -0.2) is 4.79 Å². The van der Waals surface area contributed by atoms with E-state index in [9.17, 15) is 9.90 Å². The maximum Gasteiger partial charge on any atom is 0.315 e. The van der Waals surface area contributed by atoms with E-state index < -0.39 is 0 Å². The number of nitrogens with one attached hydrogen (secondary N) is 2. The van der Waals surface area contributed by atoms with Crippen LogP contribution in [0.3, 0.4) is 0 Å². The monoisotopic (exact) mass is 291 g/mol. The fourth-order valence-corrected chi connectivity index (χ4v) is 2.88. The number of rotatable bonds is 6. The Morgan fingerprint density at radius 2 is 2.19 bits per heavy atom. The summed E-state index contributed by atoms with van der Waals surface area (Å²) in [6.45, 7) is 4.84. The molecule has 0 saturated carbocycles. The first-order valence-corrected chi connectivity index (χ1v) is 7.68. The molecular formula is C16H25N3O2. The molecule has 0 spiro atoms. The first kappa shape index (κ1) is 15.8. The zero-order valence-electron chi connectivity index (χ0n) is 12.6. The largest absolute Gasteiger partial charge is 0.394 e. The fourth-order valence-electron chi connectivity index (χ4n) is 2.88. The number of carbonyl (C=O) groups excluding carboxylic acids is 1. The summed E-state index contributed by atoms with van der Waals surface area (Å²) in [4.78, 5) is 14.4. The highest BCUT2D eigenvalue weighted by atomic mass is 16.3. The summed E-state index contributed by atoms with van der Waals surface area (Å²) in [5, 5.41) is 15.2. The standard InChI is InChI=1S/C16H25N3O2/c1-2-19-10-6-9-14(19)11-17-16(21)18-15(12-20)13-7-4-3-5-8-13/h3-5,7-8,14-15,20H,2,6,9-12H2,1H3,(H2,17,18,21). The smallest absolute Gasteiger partial charge is 0.315 e. The van der Waals surface area contributed by atoms with Gasteiger partial charge in [-0.15, -0.1) is 0 Å². The molecule has 1 aromatic rings. The molecule has 1 aromatic carbocycles. The highest BCUT2D eigenvalue weighted by Crippen LogP contribution is 2.15. The molecule has 1 aliphatic rings. The molecule has 3 N–H and O–H groups in total. The van der Waals surface area contributed by atoms with Crippen LogP contribution >= 0.6 is 0 Å². The van der Waals surface area contributed by atoms with Crippen LogP contribution in [0.15, 0.2) is 30.3 Å². The van der Waals surface area contributed by atoms with Crippen LogP contribution in [0.1, 0.15) is 31.4 Å². The van der Waals surface area contributed by atoms with E-state index in [1.807, 2.05) is 30.3 Å². The van der Waals surface area contributed by atoms with Crippen LogP contribution in [0, 0.1) is 0 Å². The number of benzene rings is 1. The number of aliphatic hydroxyl groups excluding tert-OH is 1. The number of aliphatic hydroxyl groups is 1. The average molecular weight is 291 g/mol. The van der Waals surface area contributed by atoms with Crippen LogP contribution in [-0.2, 0) is 0 Å². The van der Waals surface area contributed by atoms with E-state index in [-0.39, 0.29) is 18.7 Å². The Labute approximate surface area is 126 Å². The number of carbonyl (C=O) groups is 1. The normalized spacial score (nSPS) is 20.2. The van der Waals surface area contributed by atoms with Crippen LogP contribution in [0.5, 0.6) is 0 Å². The average Bonchev–Trinajstić information content (AvgIpc) is 2.99. The molecule has 0 radical (unpaired) electrons. The number of hydrogen-bond donors (Lipinski definition) is 3. The van der Waals surface area contributed by atoms with Crippen molar-refractivity contribution >= 4 is 6.03 Å². The van der Waals surface area contributed by atoms with Gasteiger partial charge >= 0.3 is 6.03 Å². The topological polar surface area (TPSA) is 64.6 Å². The first-order valence-electron chi connectivity index (χ1n) is 7.68. The minimum Gasteiger partial charge on any atom is -0.394 e. The van der Waals surface area contributed by atoms with Crippen molar-refractivity contribution in [2.75, 3.05) is 26.2 Å². The van der Waals surface area contributed by atoms with E-state index in [4.69, 9.17) is 0 Å².